The van der Waals surface area contributed by atoms with Crippen molar-refractivity contribution in [2.24, 2.45) is 5.10 Å². The number of nitro benzene ring substituents is 1. The smallest absolute Gasteiger partial charge is 0.311 e. The Labute approximate surface area is 118 Å². The van der Waals surface area contributed by atoms with Gasteiger partial charge < -0.3 is 4.74 Å². The van der Waals surface area contributed by atoms with Gasteiger partial charge >= 0.3 is 5.69 Å². The summed E-state index contributed by atoms with van der Waals surface area (Å²) < 4.78 is 6.88. The van der Waals surface area contributed by atoms with Crippen LogP contribution >= 0.6 is 12.2 Å². The van der Waals surface area contributed by atoms with Crippen molar-refractivity contribution >= 4 is 24.1 Å². The summed E-state index contributed by atoms with van der Waals surface area (Å²) >= 11 is 4.93. The number of nitrogens with one attached hydrogen (secondary N) is 1. The van der Waals surface area contributed by atoms with E-state index in [2.05, 4.69) is 15.3 Å². The second-order valence-electron chi connectivity index (χ2n) is 3.67. The van der Waals surface area contributed by atoms with E-state index < -0.39 is 4.92 Å². The Morgan fingerprint density at radius 3 is 3.05 bits per heavy atom. The molecule has 1 heterocycles. The fraction of sp³-hybridized carbons (Fsp3) is 0.182. The van der Waals surface area contributed by atoms with Gasteiger partial charge in [-0.15, -0.1) is 0 Å². The molecule has 0 fully saturated rings. The minimum Gasteiger partial charge on any atom is -0.487 e. The van der Waals surface area contributed by atoms with E-state index in [4.69, 9.17) is 17.0 Å². The zero-order valence-electron chi connectivity index (χ0n) is 10.5. The van der Waals surface area contributed by atoms with Crippen LogP contribution in [0.4, 0.5) is 5.69 Å². The molecular formula is C11H11N5O3S. The molecule has 0 atom stereocenters. The van der Waals surface area contributed by atoms with Crippen molar-refractivity contribution in [3.8, 4) is 5.75 Å². The van der Waals surface area contributed by atoms with Crippen LogP contribution < -0.4 is 4.74 Å². The molecule has 20 heavy (non-hydrogen) atoms. The van der Waals surface area contributed by atoms with Gasteiger partial charge in [0.15, 0.2) is 5.75 Å². The van der Waals surface area contributed by atoms with Crippen LogP contribution in [0.1, 0.15) is 12.5 Å². The van der Waals surface area contributed by atoms with E-state index >= 15 is 0 Å². The summed E-state index contributed by atoms with van der Waals surface area (Å²) in [6.45, 7) is 2.12. The Morgan fingerprint density at radius 1 is 1.65 bits per heavy atom. The molecule has 0 aliphatic rings. The Balaban J connectivity index is 2.32. The second-order valence-corrected chi connectivity index (χ2v) is 4.05. The zero-order chi connectivity index (χ0) is 14.5. The normalized spacial score (nSPS) is 10.8. The number of benzene rings is 1. The maximum absolute atomic E-state index is 11.0. The van der Waals surface area contributed by atoms with Gasteiger partial charge in [-0.3, -0.25) is 15.2 Å². The third-order valence-corrected chi connectivity index (χ3v) is 2.62. The first-order chi connectivity index (χ1) is 9.61. The maximum atomic E-state index is 11.0. The van der Waals surface area contributed by atoms with Crippen molar-refractivity contribution in [2.75, 3.05) is 6.61 Å². The minimum absolute atomic E-state index is 0.105. The molecule has 1 N–H and O–H groups in total. The van der Waals surface area contributed by atoms with Gasteiger partial charge in [-0.25, -0.2) is 0 Å². The summed E-state index contributed by atoms with van der Waals surface area (Å²) in [6.07, 6.45) is 2.86. The topological polar surface area (TPSA) is 98.3 Å². The first kappa shape index (κ1) is 13.9. The number of nitro groups is 1. The van der Waals surface area contributed by atoms with Crippen molar-refractivity contribution < 1.29 is 9.66 Å². The van der Waals surface area contributed by atoms with Gasteiger partial charge in [-0.05, 0) is 31.3 Å². The van der Waals surface area contributed by atoms with Gasteiger partial charge in [0.25, 0.3) is 0 Å². The predicted molar refractivity (Wildman–Crippen MR) is 74.7 cm³/mol. The Kier molecular flexibility index (Phi) is 4.20. The molecule has 0 saturated carbocycles. The van der Waals surface area contributed by atoms with Crippen molar-refractivity contribution in [1.82, 2.24) is 14.9 Å². The molecule has 1 aromatic carbocycles. The summed E-state index contributed by atoms with van der Waals surface area (Å²) in [4.78, 5) is 10.5. The molecule has 0 aliphatic heterocycles. The third-order valence-electron chi connectivity index (χ3n) is 2.35. The standard InChI is InChI=1S/C11H11N5O3S/c1-2-19-10-4-3-8(5-9(10)16(17)18)6-13-15-7-12-14-11(15)20/h3-7H,2H2,1H3,(H,14,20)/b13-6-. The van der Waals surface area contributed by atoms with Crippen LogP contribution in [-0.4, -0.2) is 32.6 Å². The lowest BCUT2D eigenvalue weighted by atomic mass is 10.2. The summed E-state index contributed by atoms with van der Waals surface area (Å²) in [5.41, 5.74) is 0.454. The van der Waals surface area contributed by atoms with Crippen molar-refractivity contribution in [3.63, 3.8) is 0 Å². The van der Waals surface area contributed by atoms with Crippen LogP contribution in [0.3, 0.4) is 0 Å². The second kappa shape index (κ2) is 6.06. The quantitative estimate of drug-likeness (QED) is 0.394. The highest BCUT2D eigenvalue weighted by Gasteiger charge is 2.15. The average molecular weight is 293 g/mol. The molecule has 0 saturated heterocycles. The maximum Gasteiger partial charge on any atom is 0.311 e. The highest BCUT2D eigenvalue weighted by atomic mass is 32.1. The Morgan fingerprint density at radius 2 is 2.45 bits per heavy atom. The number of rotatable bonds is 5. The van der Waals surface area contributed by atoms with Crippen molar-refractivity contribution in [1.29, 1.82) is 0 Å². The number of nitrogens with zero attached hydrogens (tertiary/aromatic N) is 4. The Bertz CT molecular complexity index is 706. The molecule has 0 amide bonds. The fourth-order valence-corrected chi connectivity index (χ4v) is 1.64. The van der Waals surface area contributed by atoms with E-state index in [-0.39, 0.29) is 11.4 Å². The third kappa shape index (κ3) is 3.06. The van der Waals surface area contributed by atoms with E-state index in [0.29, 0.717) is 16.9 Å². The first-order valence-electron chi connectivity index (χ1n) is 5.69. The highest BCUT2D eigenvalue weighted by Crippen LogP contribution is 2.27. The van der Waals surface area contributed by atoms with Crippen molar-refractivity contribution in [3.05, 3.63) is 45.0 Å². The SMILES string of the molecule is CCOc1ccc(/C=N\n2cn[nH]c2=S)cc1[N+](=O)[O-]. The molecule has 2 rings (SSSR count). The van der Waals surface area contributed by atoms with Gasteiger partial charge in [-0.2, -0.15) is 14.9 Å². The van der Waals surface area contributed by atoms with Crippen LogP contribution in [0.2, 0.25) is 0 Å². The number of aromatic nitrogens is 3. The van der Waals surface area contributed by atoms with E-state index in [1.165, 1.54) is 29.4 Å². The van der Waals surface area contributed by atoms with E-state index in [0.717, 1.165) is 0 Å². The Hall–Kier alpha value is -2.55. The monoisotopic (exact) mass is 293 g/mol. The summed E-state index contributed by atoms with van der Waals surface area (Å²) in [5, 5.41) is 21.3. The minimum atomic E-state index is -0.494. The lowest BCUT2D eigenvalue weighted by Crippen LogP contribution is -1.98. The summed E-state index contributed by atoms with van der Waals surface area (Å²) in [6, 6.07) is 4.60. The van der Waals surface area contributed by atoms with Crippen LogP contribution in [0.25, 0.3) is 0 Å². The lowest BCUT2D eigenvalue weighted by molar-refractivity contribution is -0.385. The summed E-state index contributed by atoms with van der Waals surface area (Å²) in [5.74, 6) is 0.231. The number of H-pyrrole nitrogens is 1. The van der Waals surface area contributed by atoms with E-state index in [1.807, 2.05) is 0 Å². The average Bonchev–Trinajstić information content (AvgIpc) is 2.83. The molecule has 0 unspecified atom stereocenters. The zero-order valence-corrected chi connectivity index (χ0v) is 11.3. The number of hydrogen-bond donors (Lipinski definition) is 1. The molecular weight excluding hydrogens is 282 g/mol. The first-order valence-corrected chi connectivity index (χ1v) is 6.10. The molecule has 0 aliphatic carbocycles. The largest absolute Gasteiger partial charge is 0.487 e. The number of ether oxygens (including phenoxy) is 1. The highest BCUT2D eigenvalue weighted by molar-refractivity contribution is 7.71. The van der Waals surface area contributed by atoms with Gasteiger partial charge in [0, 0.05) is 11.6 Å². The number of aromatic amines is 1. The molecule has 104 valence electrons. The molecule has 1 aromatic heterocycles. The molecule has 9 heteroatoms. The van der Waals surface area contributed by atoms with Crippen LogP contribution in [0, 0.1) is 14.9 Å². The fourth-order valence-electron chi connectivity index (χ4n) is 1.49. The van der Waals surface area contributed by atoms with Crippen LogP contribution in [0.15, 0.2) is 29.6 Å². The van der Waals surface area contributed by atoms with E-state index in [9.17, 15) is 10.1 Å². The van der Waals surface area contributed by atoms with Gasteiger partial charge in [0.05, 0.1) is 17.7 Å². The molecule has 0 radical (unpaired) electrons. The van der Waals surface area contributed by atoms with Crippen LogP contribution in [0.5, 0.6) is 5.75 Å². The van der Waals surface area contributed by atoms with Gasteiger partial charge in [0.2, 0.25) is 4.77 Å². The van der Waals surface area contributed by atoms with Crippen molar-refractivity contribution in [2.45, 2.75) is 6.92 Å². The van der Waals surface area contributed by atoms with Crippen LogP contribution in [-0.2, 0) is 0 Å². The molecule has 8 nitrogen and oxygen atoms in total. The summed E-state index contributed by atoms with van der Waals surface area (Å²) in [7, 11) is 0. The van der Waals surface area contributed by atoms with Gasteiger partial charge in [0.1, 0.15) is 6.33 Å². The lowest BCUT2D eigenvalue weighted by Gasteiger charge is -2.04. The predicted octanol–water partition coefficient (Wildman–Crippen LogP) is 2.13. The molecule has 2 aromatic rings. The molecule has 0 bridgehead atoms. The van der Waals surface area contributed by atoms with E-state index in [1.54, 1.807) is 13.0 Å². The molecule has 0 spiro atoms. The number of hydrogen-bond acceptors (Lipinski definition) is 6. The van der Waals surface area contributed by atoms with Gasteiger partial charge in [-0.1, -0.05) is 0 Å².